The van der Waals surface area contributed by atoms with E-state index < -0.39 is 0 Å². The number of amides is 2. The van der Waals surface area contributed by atoms with Crippen LogP contribution in [0.4, 0.5) is 5.69 Å². The van der Waals surface area contributed by atoms with E-state index in [-0.39, 0.29) is 30.1 Å². The Labute approximate surface area is 173 Å². The highest BCUT2D eigenvalue weighted by Gasteiger charge is 2.38. The normalized spacial score (nSPS) is 20.1. The molecule has 0 spiro atoms. The van der Waals surface area contributed by atoms with Gasteiger partial charge in [0.05, 0.1) is 17.7 Å². The number of anilines is 1. The van der Waals surface area contributed by atoms with E-state index in [2.05, 4.69) is 10.2 Å². The van der Waals surface area contributed by atoms with Crippen molar-refractivity contribution in [1.82, 2.24) is 15.1 Å². The number of benzene rings is 1. The molecule has 5 rings (SSSR count). The summed E-state index contributed by atoms with van der Waals surface area (Å²) in [5.74, 6) is 0.961. The zero-order valence-electron chi connectivity index (χ0n) is 16.4. The van der Waals surface area contributed by atoms with Gasteiger partial charge in [0.1, 0.15) is 6.26 Å². The molecule has 0 N–H and O–H groups in total. The van der Waals surface area contributed by atoms with Crippen LogP contribution in [0.1, 0.15) is 31.1 Å². The third kappa shape index (κ3) is 3.49. The van der Waals surface area contributed by atoms with E-state index in [4.69, 9.17) is 8.83 Å². The van der Waals surface area contributed by atoms with Gasteiger partial charge in [0.15, 0.2) is 0 Å². The van der Waals surface area contributed by atoms with Gasteiger partial charge in [-0.2, -0.15) is 0 Å². The molecular weight excluding hydrogens is 384 g/mol. The predicted molar refractivity (Wildman–Crippen MR) is 107 cm³/mol. The molecule has 0 aliphatic carbocycles. The number of para-hydroxylation sites is 1. The van der Waals surface area contributed by atoms with Crippen molar-refractivity contribution in [3.05, 3.63) is 54.8 Å². The van der Waals surface area contributed by atoms with Gasteiger partial charge in [0, 0.05) is 37.7 Å². The van der Waals surface area contributed by atoms with E-state index in [0.29, 0.717) is 31.4 Å². The largest absolute Gasteiger partial charge is 0.472 e. The highest BCUT2D eigenvalue weighted by atomic mass is 16.4. The van der Waals surface area contributed by atoms with Gasteiger partial charge in [-0.3, -0.25) is 9.59 Å². The lowest BCUT2D eigenvalue weighted by Gasteiger charge is -2.32. The summed E-state index contributed by atoms with van der Waals surface area (Å²) in [4.78, 5) is 29.0. The first-order valence-corrected chi connectivity index (χ1v) is 10.2. The molecule has 8 heteroatoms. The van der Waals surface area contributed by atoms with Crippen molar-refractivity contribution in [2.24, 2.45) is 5.92 Å². The van der Waals surface area contributed by atoms with Crippen molar-refractivity contribution < 1.29 is 18.4 Å². The van der Waals surface area contributed by atoms with Crippen LogP contribution in [0.3, 0.4) is 0 Å². The molecule has 2 fully saturated rings. The minimum absolute atomic E-state index is 0.00655. The van der Waals surface area contributed by atoms with Gasteiger partial charge in [0.25, 0.3) is 5.89 Å². The molecule has 3 aromatic rings. The second kappa shape index (κ2) is 7.78. The highest BCUT2D eigenvalue weighted by Crippen LogP contribution is 2.32. The first-order valence-electron chi connectivity index (χ1n) is 10.2. The molecule has 4 heterocycles. The first-order chi connectivity index (χ1) is 14.7. The Kier molecular flexibility index (Phi) is 4.82. The minimum Gasteiger partial charge on any atom is -0.472 e. The lowest BCUT2D eigenvalue weighted by molar-refractivity contribution is -0.136. The summed E-state index contributed by atoms with van der Waals surface area (Å²) in [5.41, 5.74) is 1.61. The summed E-state index contributed by atoms with van der Waals surface area (Å²) in [6.45, 7) is 1.70. The molecule has 1 atom stereocenters. The van der Waals surface area contributed by atoms with Crippen LogP contribution in [-0.2, 0) is 9.59 Å². The fourth-order valence-electron chi connectivity index (χ4n) is 4.24. The molecule has 0 saturated carbocycles. The highest BCUT2D eigenvalue weighted by molar-refractivity contribution is 6.00. The lowest BCUT2D eigenvalue weighted by Crippen LogP contribution is -2.42. The van der Waals surface area contributed by atoms with Crippen LogP contribution in [-0.4, -0.2) is 46.5 Å². The maximum atomic E-state index is 13.0. The Morgan fingerprint density at radius 3 is 2.60 bits per heavy atom. The average Bonchev–Trinajstić information content (AvgIpc) is 3.54. The van der Waals surface area contributed by atoms with Crippen molar-refractivity contribution in [2.75, 3.05) is 24.5 Å². The average molecular weight is 406 g/mol. The zero-order chi connectivity index (χ0) is 20.5. The van der Waals surface area contributed by atoms with Gasteiger partial charge in [-0.1, -0.05) is 18.2 Å². The first kappa shape index (κ1) is 18.6. The summed E-state index contributed by atoms with van der Waals surface area (Å²) in [7, 11) is 0. The SMILES string of the molecule is O=C(C1CC(=O)N(c2ccccc2)C1)N1CCC(c2nnc(-c3ccoc3)o2)CC1. The zero-order valence-corrected chi connectivity index (χ0v) is 16.4. The lowest BCUT2D eigenvalue weighted by atomic mass is 9.95. The van der Waals surface area contributed by atoms with Gasteiger partial charge < -0.3 is 18.6 Å². The maximum absolute atomic E-state index is 13.0. The Morgan fingerprint density at radius 1 is 1.07 bits per heavy atom. The molecule has 154 valence electrons. The Morgan fingerprint density at radius 2 is 1.87 bits per heavy atom. The fourth-order valence-corrected chi connectivity index (χ4v) is 4.24. The monoisotopic (exact) mass is 406 g/mol. The fraction of sp³-hybridized carbons (Fsp3) is 0.364. The van der Waals surface area contributed by atoms with E-state index in [1.807, 2.05) is 35.2 Å². The summed E-state index contributed by atoms with van der Waals surface area (Å²) < 4.78 is 10.9. The molecule has 0 bridgehead atoms. The molecule has 2 aliphatic rings. The number of rotatable bonds is 4. The van der Waals surface area contributed by atoms with Gasteiger partial charge in [-0.25, -0.2) is 0 Å². The summed E-state index contributed by atoms with van der Waals surface area (Å²) in [6.07, 6.45) is 4.94. The number of likely N-dealkylation sites (tertiary alicyclic amines) is 1. The molecule has 2 aromatic heterocycles. The molecule has 1 unspecified atom stereocenters. The molecule has 2 saturated heterocycles. The number of nitrogens with zero attached hydrogens (tertiary/aromatic N) is 4. The third-order valence-electron chi connectivity index (χ3n) is 5.91. The van der Waals surface area contributed by atoms with E-state index >= 15 is 0 Å². The number of carbonyl (C=O) groups excluding carboxylic acids is 2. The number of aromatic nitrogens is 2. The second-order valence-electron chi connectivity index (χ2n) is 7.80. The number of piperidine rings is 1. The number of carbonyl (C=O) groups is 2. The van der Waals surface area contributed by atoms with Gasteiger partial charge in [-0.15, -0.1) is 10.2 Å². The van der Waals surface area contributed by atoms with Crippen molar-refractivity contribution >= 4 is 17.5 Å². The molecule has 8 nitrogen and oxygen atoms in total. The smallest absolute Gasteiger partial charge is 0.250 e. The van der Waals surface area contributed by atoms with Crippen LogP contribution < -0.4 is 4.90 Å². The van der Waals surface area contributed by atoms with Gasteiger partial charge in [0.2, 0.25) is 17.7 Å². The van der Waals surface area contributed by atoms with Crippen LogP contribution in [0.5, 0.6) is 0 Å². The second-order valence-corrected chi connectivity index (χ2v) is 7.80. The van der Waals surface area contributed by atoms with E-state index in [1.54, 1.807) is 23.5 Å². The van der Waals surface area contributed by atoms with Crippen LogP contribution >= 0.6 is 0 Å². The van der Waals surface area contributed by atoms with Gasteiger partial charge >= 0.3 is 0 Å². The Balaban J connectivity index is 1.19. The van der Waals surface area contributed by atoms with E-state index in [0.717, 1.165) is 24.1 Å². The topological polar surface area (TPSA) is 92.7 Å². The standard InChI is InChI=1S/C22H22N4O4/c27-19-12-17(13-26(19)18-4-2-1-3-5-18)22(28)25-9-6-15(7-10-25)20-23-24-21(30-20)16-8-11-29-14-16/h1-5,8,11,14-15,17H,6-7,9-10,12-13H2. The third-order valence-corrected chi connectivity index (χ3v) is 5.91. The molecule has 2 aliphatic heterocycles. The van der Waals surface area contributed by atoms with Crippen molar-refractivity contribution in [3.8, 4) is 11.5 Å². The van der Waals surface area contributed by atoms with E-state index in [1.165, 1.54) is 0 Å². The van der Waals surface area contributed by atoms with Crippen LogP contribution in [0.25, 0.3) is 11.5 Å². The molecule has 1 aromatic carbocycles. The van der Waals surface area contributed by atoms with Crippen LogP contribution in [0.15, 0.2) is 57.8 Å². The van der Waals surface area contributed by atoms with Crippen molar-refractivity contribution in [1.29, 1.82) is 0 Å². The minimum atomic E-state index is -0.287. The van der Waals surface area contributed by atoms with Gasteiger partial charge in [-0.05, 0) is 31.0 Å². The quantitative estimate of drug-likeness (QED) is 0.661. The Bertz CT molecular complexity index is 1020. The van der Waals surface area contributed by atoms with Crippen LogP contribution in [0.2, 0.25) is 0 Å². The van der Waals surface area contributed by atoms with Crippen molar-refractivity contribution in [3.63, 3.8) is 0 Å². The number of furan rings is 1. The van der Waals surface area contributed by atoms with E-state index in [9.17, 15) is 9.59 Å². The number of hydrogen-bond donors (Lipinski definition) is 0. The molecule has 2 amide bonds. The maximum Gasteiger partial charge on any atom is 0.250 e. The molecule has 30 heavy (non-hydrogen) atoms. The van der Waals surface area contributed by atoms with Crippen molar-refractivity contribution in [2.45, 2.75) is 25.2 Å². The number of hydrogen-bond acceptors (Lipinski definition) is 6. The summed E-state index contributed by atoms with van der Waals surface area (Å²) in [6, 6.07) is 11.3. The summed E-state index contributed by atoms with van der Waals surface area (Å²) in [5, 5.41) is 8.28. The predicted octanol–water partition coefficient (Wildman–Crippen LogP) is 3.09. The van der Waals surface area contributed by atoms with Crippen LogP contribution in [0, 0.1) is 5.92 Å². The summed E-state index contributed by atoms with van der Waals surface area (Å²) >= 11 is 0. The molecule has 0 radical (unpaired) electrons. The molecular formula is C22H22N4O4. The Hall–Kier alpha value is -3.42.